The lowest BCUT2D eigenvalue weighted by Gasteiger charge is -2.09. The van der Waals surface area contributed by atoms with E-state index in [9.17, 15) is 26.7 Å². The minimum atomic E-state index is -4.51. The van der Waals surface area contributed by atoms with Crippen molar-refractivity contribution in [2.75, 3.05) is 11.9 Å². The molecule has 5 nitrogen and oxygen atoms in total. The highest BCUT2D eigenvalue weighted by Gasteiger charge is 2.30. The van der Waals surface area contributed by atoms with Crippen molar-refractivity contribution in [3.8, 4) is 11.6 Å². The summed E-state index contributed by atoms with van der Waals surface area (Å²) in [7, 11) is 0. The number of hydrogen-bond donors (Lipinski definition) is 1. The molecule has 0 unspecified atom stereocenters. The third-order valence-electron chi connectivity index (χ3n) is 2.78. The molecule has 1 amide bonds. The summed E-state index contributed by atoms with van der Waals surface area (Å²) in [6, 6.07) is 6.92. The molecule has 10 heteroatoms. The molecule has 134 valence electrons. The Morgan fingerprint density at radius 1 is 1.12 bits per heavy atom. The lowest BCUT2D eigenvalue weighted by molar-refractivity contribution is -0.137. The zero-order valence-electron chi connectivity index (χ0n) is 12.4. The van der Waals surface area contributed by atoms with Crippen molar-refractivity contribution in [3.63, 3.8) is 0 Å². The van der Waals surface area contributed by atoms with E-state index in [0.29, 0.717) is 11.9 Å². The molecule has 2 aromatic rings. The number of alkyl halides is 5. The Balaban J connectivity index is 1.84. The minimum Gasteiger partial charge on any atom is -0.468 e. The largest absolute Gasteiger partial charge is 0.468 e. The second kappa shape index (κ2) is 7.77. The molecular formula is C15H11F5N2O3. The van der Waals surface area contributed by atoms with Gasteiger partial charge in [0.15, 0.2) is 6.61 Å². The van der Waals surface area contributed by atoms with Gasteiger partial charge in [-0.1, -0.05) is 0 Å². The number of pyridine rings is 1. The molecule has 0 aliphatic rings. The van der Waals surface area contributed by atoms with E-state index in [2.05, 4.69) is 15.0 Å². The first-order valence-corrected chi connectivity index (χ1v) is 6.75. The SMILES string of the molecule is O=C(COc1ccc(C(F)(F)F)cn1)Nc1ccc(OC(F)F)cc1. The number of carbonyl (C=O) groups is 1. The second-order valence-corrected chi connectivity index (χ2v) is 4.62. The fourth-order valence-electron chi connectivity index (χ4n) is 1.69. The van der Waals surface area contributed by atoms with Gasteiger partial charge in [0, 0.05) is 18.0 Å². The van der Waals surface area contributed by atoms with E-state index < -0.39 is 30.9 Å². The summed E-state index contributed by atoms with van der Waals surface area (Å²) in [5, 5.41) is 2.41. The zero-order chi connectivity index (χ0) is 18.4. The van der Waals surface area contributed by atoms with Gasteiger partial charge in [-0.15, -0.1) is 0 Å². The quantitative estimate of drug-likeness (QED) is 0.796. The van der Waals surface area contributed by atoms with Crippen LogP contribution in [0.15, 0.2) is 42.6 Å². The van der Waals surface area contributed by atoms with E-state index >= 15 is 0 Å². The molecule has 2 rings (SSSR count). The summed E-state index contributed by atoms with van der Waals surface area (Å²) in [4.78, 5) is 15.1. The molecule has 0 aliphatic heterocycles. The van der Waals surface area contributed by atoms with E-state index in [4.69, 9.17) is 4.74 Å². The minimum absolute atomic E-state index is 0.0711. The lowest BCUT2D eigenvalue weighted by atomic mass is 10.3. The number of rotatable bonds is 6. The smallest absolute Gasteiger partial charge is 0.417 e. The molecule has 0 saturated heterocycles. The van der Waals surface area contributed by atoms with Crippen LogP contribution in [0, 0.1) is 0 Å². The van der Waals surface area contributed by atoms with Gasteiger partial charge < -0.3 is 14.8 Å². The normalized spacial score (nSPS) is 11.3. The third kappa shape index (κ3) is 5.90. The fraction of sp³-hybridized carbons (Fsp3) is 0.200. The number of ether oxygens (including phenoxy) is 2. The van der Waals surface area contributed by atoms with Gasteiger partial charge in [-0.3, -0.25) is 4.79 Å². The van der Waals surface area contributed by atoms with Crippen LogP contribution >= 0.6 is 0 Å². The number of benzene rings is 1. The molecular weight excluding hydrogens is 351 g/mol. The molecule has 25 heavy (non-hydrogen) atoms. The van der Waals surface area contributed by atoms with Crippen molar-refractivity contribution in [1.29, 1.82) is 0 Å². The van der Waals surface area contributed by atoms with Gasteiger partial charge >= 0.3 is 12.8 Å². The first-order chi connectivity index (χ1) is 11.7. The molecule has 1 N–H and O–H groups in total. The highest BCUT2D eigenvalue weighted by molar-refractivity contribution is 5.91. The van der Waals surface area contributed by atoms with Gasteiger partial charge in [0.2, 0.25) is 5.88 Å². The number of amides is 1. The van der Waals surface area contributed by atoms with E-state index in [-0.39, 0.29) is 11.6 Å². The first-order valence-electron chi connectivity index (χ1n) is 6.75. The van der Waals surface area contributed by atoms with E-state index in [0.717, 1.165) is 12.1 Å². The van der Waals surface area contributed by atoms with Crippen LogP contribution in [0.5, 0.6) is 11.6 Å². The molecule has 1 aromatic carbocycles. The standard InChI is InChI=1S/C15H11F5N2O3/c16-14(17)25-11-4-2-10(3-5-11)22-12(23)8-24-13-6-1-9(7-21-13)15(18,19)20/h1-7,14H,8H2,(H,22,23). The Morgan fingerprint density at radius 2 is 1.80 bits per heavy atom. The first kappa shape index (κ1) is 18.4. The Labute approximate surface area is 138 Å². The van der Waals surface area contributed by atoms with E-state index in [1.165, 1.54) is 24.3 Å². The van der Waals surface area contributed by atoms with Crippen molar-refractivity contribution < 1.29 is 36.2 Å². The highest BCUT2D eigenvalue weighted by atomic mass is 19.4. The molecule has 0 bridgehead atoms. The monoisotopic (exact) mass is 362 g/mol. The Kier molecular flexibility index (Phi) is 5.73. The van der Waals surface area contributed by atoms with Gasteiger partial charge in [-0.25, -0.2) is 4.98 Å². The van der Waals surface area contributed by atoms with Crippen molar-refractivity contribution >= 4 is 11.6 Å². The summed E-state index contributed by atoms with van der Waals surface area (Å²) in [5.41, 5.74) is -0.633. The second-order valence-electron chi connectivity index (χ2n) is 4.62. The molecule has 0 fully saturated rings. The van der Waals surface area contributed by atoms with E-state index in [1.54, 1.807) is 0 Å². The molecule has 0 atom stereocenters. The number of hydrogen-bond acceptors (Lipinski definition) is 4. The Hall–Kier alpha value is -2.91. The predicted octanol–water partition coefficient (Wildman–Crippen LogP) is 3.72. The summed E-state index contributed by atoms with van der Waals surface area (Å²) in [6.45, 7) is -3.45. The average Bonchev–Trinajstić information content (AvgIpc) is 2.54. The molecule has 0 aliphatic carbocycles. The molecule has 1 aromatic heterocycles. The summed E-state index contributed by atoms with van der Waals surface area (Å²) >= 11 is 0. The maximum atomic E-state index is 12.4. The lowest BCUT2D eigenvalue weighted by Crippen LogP contribution is -2.20. The van der Waals surface area contributed by atoms with Gasteiger partial charge in [0.05, 0.1) is 5.56 Å². The van der Waals surface area contributed by atoms with Crippen molar-refractivity contribution in [2.45, 2.75) is 12.8 Å². The zero-order valence-corrected chi connectivity index (χ0v) is 12.4. The van der Waals surface area contributed by atoms with Crippen LogP contribution in [-0.4, -0.2) is 24.1 Å². The van der Waals surface area contributed by atoms with Crippen molar-refractivity contribution in [1.82, 2.24) is 4.98 Å². The van der Waals surface area contributed by atoms with Gasteiger partial charge in [-0.2, -0.15) is 22.0 Å². The van der Waals surface area contributed by atoms with Crippen molar-refractivity contribution in [2.24, 2.45) is 0 Å². The van der Waals surface area contributed by atoms with E-state index in [1.807, 2.05) is 0 Å². The number of anilines is 1. The van der Waals surface area contributed by atoms with Crippen LogP contribution < -0.4 is 14.8 Å². The predicted molar refractivity (Wildman–Crippen MR) is 76.4 cm³/mol. The number of nitrogens with zero attached hydrogens (tertiary/aromatic N) is 1. The van der Waals surface area contributed by atoms with Crippen LogP contribution in [0.4, 0.5) is 27.6 Å². The molecule has 0 saturated carbocycles. The molecule has 0 spiro atoms. The topological polar surface area (TPSA) is 60.5 Å². The Morgan fingerprint density at radius 3 is 2.32 bits per heavy atom. The van der Waals surface area contributed by atoms with Gasteiger partial charge in [-0.05, 0) is 30.3 Å². The summed E-state index contributed by atoms with van der Waals surface area (Å²) in [6.07, 6.45) is -3.92. The Bertz CT molecular complexity index is 703. The van der Waals surface area contributed by atoms with Gasteiger partial charge in [0.25, 0.3) is 5.91 Å². The van der Waals surface area contributed by atoms with Crippen LogP contribution in [-0.2, 0) is 11.0 Å². The van der Waals surface area contributed by atoms with Crippen LogP contribution in [0.25, 0.3) is 0 Å². The van der Waals surface area contributed by atoms with Crippen LogP contribution in [0.1, 0.15) is 5.56 Å². The fourth-order valence-corrected chi connectivity index (χ4v) is 1.69. The third-order valence-corrected chi connectivity index (χ3v) is 2.78. The molecule has 1 heterocycles. The summed E-state index contributed by atoms with van der Waals surface area (Å²) < 4.78 is 70.3. The number of carbonyl (C=O) groups excluding carboxylic acids is 1. The average molecular weight is 362 g/mol. The summed E-state index contributed by atoms with van der Waals surface area (Å²) in [5.74, 6) is -0.828. The number of nitrogens with one attached hydrogen (secondary N) is 1. The molecule has 0 radical (unpaired) electrons. The number of aromatic nitrogens is 1. The van der Waals surface area contributed by atoms with Crippen LogP contribution in [0.2, 0.25) is 0 Å². The van der Waals surface area contributed by atoms with Crippen LogP contribution in [0.3, 0.4) is 0 Å². The van der Waals surface area contributed by atoms with Crippen molar-refractivity contribution in [3.05, 3.63) is 48.2 Å². The van der Waals surface area contributed by atoms with Gasteiger partial charge in [0.1, 0.15) is 5.75 Å². The number of halogens is 5. The maximum Gasteiger partial charge on any atom is 0.417 e. The maximum absolute atomic E-state index is 12.4. The highest BCUT2D eigenvalue weighted by Crippen LogP contribution is 2.29.